The molecule has 21 heavy (non-hydrogen) atoms. The molecule has 0 fully saturated rings. The van der Waals surface area contributed by atoms with Gasteiger partial charge in [-0.05, 0) is 31.0 Å². The minimum absolute atomic E-state index is 0.0996. The van der Waals surface area contributed by atoms with Gasteiger partial charge in [-0.2, -0.15) is 0 Å². The van der Waals surface area contributed by atoms with Gasteiger partial charge in [0.05, 0.1) is 0 Å². The zero-order chi connectivity index (χ0) is 16.0. The molecule has 0 aliphatic heterocycles. The van der Waals surface area contributed by atoms with E-state index in [2.05, 4.69) is 0 Å². The van der Waals surface area contributed by atoms with E-state index < -0.39 is 11.8 Å². The van der Waals surface area contributed by atoms with Gasteiger partial charge in [0.1, 0.15) is 0 Å². The van der Waals surface area contributed by atoms with Crippen molar-refractivity contribution in [1.82, 2.24) is 4.90 Å². The minimum Gasteiger partial charge on any atom is -0.366 e. The zero-order valence-corrected chi connectivity index (χ0v) is 12.4. The van der Waals surface area contributed by atoms with Crippen molar-refractivity contribution < 1.29 is 14.4 Å². The van der Waals surface area contributed by atoms with Crippen LogP contribution in [0.25, 0.3) is 0 Å². The van der Waals surface area contributed by atoms with Gasteiger partial charge < -0.3 is 16.4 Å². The lowest BCUT2D eigenvalue weighted by atomic mass is 10.0. The fourth-order valence-corrected chi connectivity index (χ4v) is 2.07. The molecule has 0 heterocycles. The van der Waals surface area contributed by atoms with Crippen molar-refractivity contribution >= 4 is 17.7 Å². The molecule has 1 aromatic carbocycles. The van der Waals surface area contributed by atoms with Crippen LogP contribution >= 0.6 is 0 Å². The summed E-state index contributed by atoms with van der Waals surface area (Å²) in [6.07, 6.45) is 1.65. The number of carbonyl (C=O) groups excluding carboxylic acids is 3. The van der Waals surface area contributed by atoms with Crippen molar-refractivity contribution in [3.63, 3.8) is 0 Å². The number of rotatable bonds is 7. The number of amides is 3. The van der Waals surface area contributed by atoms with Gasteiger partial charge in [0.25, 0.3) is 5.91 Å². The molecule has 1 aromatic rings. The summed E-state index contributed by atoms with van der Waals surface area (Å²) in [5.74, 6) is -1.64. The maximum absolute atomic E-state index is 12.5. The van der Waals surface area contributed by atoms with Crippen LogP contribution in [0.1, 0.15) is 57.8 Å². The number of hydrogen-bond donors (Lipinski definition) is 2. The Balaban J connectivity index is 3.23. The molecule has 0 aliphatic carbocycles. The summed E-state index contributed by atoms with van der Waals surface area (Å²) >= 11 is 0. The number of primary amides is 2. The Labute approximate surface area is 124 Å². The van der Waals surface area contributed by atoms with Crippen molar-refractivity contribution in [2.45, 2.75) is 26.7 Å². The van der Waals surface area contributed by atoms with Crippen LogP contribution < -0.4 is 11.5 Å². The van der Waals surface area contributed by atoms with Crippen molar-refractivity contribution in [3.8, 4) is 0 Å². The molecule has 0 aliphatic rings. The highest BCUT2D eigenvalue weighted by atomic mass is 16.2. The number of nitrogens with zero attached hydrogens (tertiary/aromatic N) is 1. The Morgan fingerprint density at radius 1 is 0.857 bits per heavy atom. The predicted molar refractivity (Wildman–Crippen MR) is 80.0 cm³/mol. The fraction of sp³-hybridized carbons (Fsp3) is 0.400. The molecule has 114 valence electrons. The Bertz CT molecular complexity index is 517. The van der Waals surface area contributed by atoms with Gasteiger partial charge in [0.2, 0.25) is 11.8 Å². The molecule has 0 saturated carbocycles. The number of carbonyl (C=O) groups is 3. The first-order chi connectivity index (χ1) is 9.90. The molecular formula is C15H21N3O3. The summed E-state index contributed by atoms with van der Waals surface area (Å²) in [6, 6.07) is 4.09. The number of benzene rings is 1. The summed E-state index contributed by atoms with van der Waals surface area (Å²) in [7, 11) is 0. The largest absolute Gasteiger partial charge is 0.366 e. The number of hydrogen-bond acceptors (Lipinski definition) is 3. The lowest BCUT2D eigenvalue weighted by Gasteiger charge is -2.22. The molecule has 0 radical (unpaired) electrons. The molecule has 3 amide bonds. The first-order valence-corrected chi connectivity index (χ1v) is 6.94. The van der Waals surface area contributed by atoms with Crippen LogP contribution in [0.4, 0.5) is 0 Å². The smallest absolute Gasteiger partial charge is 0.253 e. The summed E-state index contributed by atoms with van der Waals surface area (Å²) in [5, 5.41) is 0. The van der Waals surface area contributed by atoms with Crippen LogP contribution in [0, 0.1) is 0 Å². The highest BCUT2D eigenvalue weighted by Crippen LogP contribution is 2.13. The standard InChI is InChI=1S/C15H21N3O3/c1-3-5-18(6-4-2)15(21)12-8-10(13(16)19)7-11(9-12)14(17)20/h7-9H,3-6H2,1-2H3,(H2,16,19)(H2,17,20). The highest BCUT2D eigenvalue weighted by molar-refractivity contribution is 6.03. The molecule has 0 unspecified atom stereocenters. The van der Waals surface area contributed by atoms with E-state index in [0.29, 0.717) is 13.1 Å². The Hall–Kier alpha value is -2.37. The van der Waals surface area contributed by atoms with Gasteiger partial charge in [-0.25, -0.2) is 0 Å². The van der Waals surface area contributed by atoms with Crippen LogP contribution in [0.5, 0.6) is 0 Å². The van der Waals surface area contributed by atoms with Crippen molar-refractivity contribution in [2.75, 3.05) is 13.1 Å². The molecule has 6 nitrogen and oxygen atoms in total. The predicted octanol–water partition coefficient (Wildman–Crippen LogP) is 1.15. The highest BCUT2D eigenvalue weighted by Gasteiger charge is 2.18. The average Bonchev–Trinajstić information content (AvgIpc) is 2.45. The minimum atomic E-state index is -0.704. The molecule has 0 atom stereocenters. The molecule has 0 spiro atoms. The maximum Gasteiger partial charge on any atom is 0.253 e. The van der Waals surface area contributed by atoms with E-state index >= 15 is 0 Å². The summed E-state index contributed by atoms with van der Waals surface area (Å²) in [5.41, 5.74) is 10.9. The second kappa shape index (κ2) is 7.42. The molecule has 0 aromatic heterocycles. The van der Waals surface area contributed by atoms with Crippen molar-refractivity contribution in [1.29, 1.82) is 0 Å². The maximum atomic E-state index is 12.5. The van der Waals surface area contributed by atoms with Gasteiger partial charge in [-0.1, -0.05) is 13.8 Å². The monoisotopic (exact) mass is 291 g/mol. The first kappa shape index (κ1) is 16.7. The van der Waals surface area contributed by atoms with Crippen LogP contribution in [-0.2, 0) is 0 Å². The molecular weight excluding hydrogens is 270 g/mol. The third-order valence-electron chi connectivity index (χ3n) is 3.02. The van der Waals surface area contributed by atoms with E-state index in [9.17, 15) is 14.4 Å². The Kier molecular flexibility index (Phi) is 5.90. The van der Waals surface area contributed by atoms with Gasteiger partial charge in [0.15, 0.2) is 0 Å². The number of nitrogens with two attached hydrogens (primary N) is 2. The topological polar surface area (TPSA) is 106 Å². The van der Waals surface area contributed by atoms with Gasteiger partial charge in [-0.15, -0.1) is 0 Å². The average molecular weight is 291 g/mol. The Morgan fingerprint density at radius 3 is 1.57 bits per heavy atom. The lowest BCUT2D eigenvalue weighted by molar-refractivity contribution is 0.0755. The molecule has 0 bridgehead atoms. The normalized spacial score (nSPS) is 10.2. The Morgan fingerprint density at radius 2 is 1.24 bits per heavy atom. The first-order valence-electron chi connectivity index (χ1n) is 6.94. The third kappa shape index (κ3) is 4.30. The summed E-state index contributed by atoms with van der Waals surface area (Å²) < 4.78 is 0. The van der Waals surface area contributed by atoms with E-state index in [4.69, 9.17) is 11.5 Å². The third-order valence-corrected chi connectivity index (χ3v) is 3.02. The molecule has 0 saturated heterocycles. The van der Waals surface area contributed by atoms with E-state index in [1.165, 1.54) is 18.2 Å². The SMILES string of the molecule is CCCN(CCC)C(=O)c1cc(C(N)=O)cc(C(N)=O)c1. The van der Waals surface area contributed by atoms with E-state index in [1.807, 2.05) is 13.8 Å². The second-order valence-electron chi connectivity index (χ2n) is 4.82. The van der Waals surface area contributed by atoms with E-state index in [1.54, 1.807) is 4.90 Å². The quantitative estimate of drug-likeness (QED) is 0.786. The van der Waals surface area contributed by atoms with Crippen LogP contribution in [0.3, 0.4) is 0 Å². The molecule has 6 heteroatoms. The van der Waals surface area contributed by atoms with Crippen LogP contribution in [0.2, 0.25) is 0 Å². The van der Waals surface area contributed by atoms with E-state index in [-0.39, 0.29) is 22.6 Å². The summed E-state index contributed by atoms with van der Waals surface area (Å²) in [6.45, 7) is 5.17. The van der Waals surface area contributed by atoms with Crippen molar-refractivity contribution in [3.05, 3.63) is 34.9 Å². The fourth-order valence-electron chi connectivity index (χ4n) is 2.07. The zero-order valence-electron chi connectivity index (χ0n) is 12.4. The lowest BCUT2D eigenvalue weighted by Crippen LogP contribution is -2.33. The van der Waals surface area contributed by atoms with Crippen LogP contribution in [-0.4, -0.2) is 35.7 Å². The van der Waals surface area contributed by atoms with E-state index in [0.717, 1.165) is 12.8 Å². The van der Waals surface area contributed by atoms with Crippen LogP contribution in [0.15, 0.2) is 18.2 Å². The molecule has 1 rings (SSSR count). The van der Waals surface area contributed by atoms with Gasteiger partial charge >= 0.3 is 0 Å². The molecule has 4 N–H and O–H groups in total. The second-order valence-corrected chi connectivity index (χ2v) is 4.82. The van der Waals surface area contributed by atoms with Crippen molar-refractivity contribution in [2.24, 2.45) is 11.5 Å². The van der Waals surface area contributed by atoms with Gasteiger partial charge in [0, 0.05) is 29.8 Å². The van der Waals surface area contributed by atoms with Gasteiger partial charge in [-0.3, -0.25) is 14.4 Å². The summed E-state index contributed by atoms with van der Waals surface area (Å²) in [4.78, 5) is 36.8.